The maximum Gasteiger partial charge on any atom is 0.249 e. The Balaban J connectivity index is 3.26. The Morgan fingerprint density at radius 2 is 2.12 bits per heavy atom. The summed E-state index contributed by atoms with van der Waals surface area (Å²) >= 11 is 5.58. The quantitative estimate of drug-likeness (QED) is 0.407. The van der Waals surface area contributed by atoms with Crippen molar-refractivity contribution in [1.82, 2.24) is 0 Å². The lowest BCUT2D eigenvalue weighted by Gasteiger charge is -2.19. The third kappa shape index (κ3) is 3.83. The van der Waals surface area contributed by atoms with Crippen molar-refractivity contribution >= 4 is 27.3 Å². The normalized spacial score (nSPS) is 15.5. The number of primary sulfonamides is 1. The maximum absolute atomic E-state index is 11.3. The molecule has 17 heavy (non-hydrogen) atoms. The van der Waals surface area contributed by atoms with Gasteiger partial charge in [0.25, 0.3) is 0 Å². The summed E-state index contributed by atoms with van der Waals surface area (Å²) in [5.74, 6) is 0. The van der Waals surface area contributed by atoms with Gasteiger partial charge in [0.15, 0.2) is 0 Å². The lowest BCUT2D eigenvalue weighted by atomic mass is 10.1. The Labute approximate surface area is 104 Å². The van der Waals surface area contributed by atoms with Gasteiger partial charge in [0.05, 0.1) is 4.90 Å². The Kier molecular flexibility index (Phi) is 4.00. The molecule has 0 spiro atoms. The second-order valence-electron chi connectivity index (χ2n) is 3.48. The van der Waals surface area contributed by atoms with Crippen LogP contribution in [0.25, 0.3) is 0 Å². The van der Waals surface area contributed by atoms with Gasteiger partial charge in [-0.05, 0) is 17.7 Å². The van der Waals surface area contributed by atoms with Crippen LogP contribution in [0, 0.1) is 0 Å². The minimum absolute atomic E-state index is 0.186. The Morgan fingerprint density at radius 3 is 2.59 bits per heavy atom. The summed E-state index contributed by atoms with van der Waals surface area (Å²) in [7, 11) is -2.75. The van der Waals surface area contributed by atoms with Gasteiger partial charge in [-0.2, -0.15) is 0 Å². The summed E-state index contributed by atoms with van der Waals surface area (Å²) in [5.41, 5.74) is 5.94. The predicted octanol–water partition coefficient (Wildman–Crippen LogP) is -0.0100. The summed E-state index contributed by atoms with van der Waals surface area (Å²) in [6, 6.07) is 4.10. The van der Waals surface area contributed by atoms with E-state index in [-0.39, 0.29) is 22.6 Å². The Bertz CT molecular complexity index is 516. The van der Waals surface area contributed by atoms with Crippen molar-refractivity contribution in [3.8, 4) is 0 Å². The van der Waals surface area contributed by atoms with Crippen molar-refractivity contribution in [2.45, 2.75) is 16.6 Å². The van der Waals surface area contributed by atoms with Gasteiger partial charge < -0.3 is 15.6 Å². The van der Waals surface area contributed by atoms with Gasteiger partial charge in [0, 0.05) is 19.2 Å². The fraction of sp³-hybridized carbons (Fsp3) is 0.333. The minimum atomic E-state index is -3.94. The van der Waals surface area contributed by atoms with Gasteiger partial charge in [-0.1, -0.05) is 17.7 Å². The summed E-state index contributed by atoms with van der Waals surface area (Å²) < 4.78 is 27.3. The van der Waals surface area contributed by atoms with Gasteiger partial charge in [-0.3, -0.25) is 0 Å². The largest absolute Gasteiger partial charge is 0.399 e. The first-order valence-electron chi connectivity index (χ1n) is 4.53. The molecule has 96 valence electrons. The first-order chi connectivity index (χ1) is 7.65. The highest BCUT2D eigenvalue weighted by Gasteiger charge is 2.26. The second-order valence-corrected chi connectivity index (χ2v) is 5.60. The number of halogens is 1. The van der Waals surface area contributed by atoms with E-state index in [0.29, 0.717) is 0 Å². The third-order valence-corrected chi connectivity index (χ3v) is 3.40. The number of anilines is 1. The first kappa shape index (κ1) is 14.2. The fourth-order valence-corrected chi connectivity index (χ4v) is 2.24. The van der Waals surface area contributed by atoms with Crippen molar-refractivity contribution in [2.75, 3.05) is 12.8 Å². The molecule has 0 aromatic heterocycles. The molecule has 1 rings (SSSR count). The molecule has 1 aromatic rings. The number of hydrogen-bond donors (Lipinski definition) is 3. The number of hydrogen-bond acceptors (Lipinski definition) is 5. The van der Waals surface area contributed by atoms with E-state index in [1.165, 1.54) is 25.3 Å². The minimum Gasteiger partial charge on any atom is -0.399 e. The highest BCUT2D eigenvalue weighted by Crippen LogP contribution is 2.25. The number of aliphatic hydroxyl groups is 1. The van der Waals surface area contributed by atoms with Crippen molar-refractivity contribution in [1.29, 1.82) is 0 Å². The number of rotatable bonds is 4. The molecule has 0 saturated carbocycles. The van der Waals surface area contributed by atoms with Gasteiger partial charge in [0.1, 0.15) is 0 Å². The van der Waals surface area contributed by atoms with E-state index in [1.54, 1.807) is 0 Å². The molecule has 0 fully saturated rings. The monoisotopic (exact) mass is 280 g/mol. The van der Waals surface area contributed by atoms with E-state index in [9.17, 15) is 13.5 Å². The molecule has 1 aromatic carbocycles. The van der Waals surface area contributed by atoms with Crippen LogP contribution in [0.1, 0.15) is 5.56 Å². The number of ether oxygens (including phenoxy) is 1. The molecule has 6 nitrogen and oxygen atoms in total. The van der Waals surface area contributed by atoms with Crippen LogP contribution in [0.3, 0.4) is 0 Å². The van der Waals surface area contributed by atoms with Crippen LogP contribution < -0.4 is 10.9 Å². The zero-order chi connectivity index (χ0) is 13.3. The van der Waals surface area contributed by atoms with Crippen molar-refractivity contribution < 1.29 is 18.3 Å². The highest BCUT2D eigenvalue weighted by molar-refractivity contribution is 7.89. The van der Waals surface area contributed by atoms with Gasteiger partial charge >= 0.3 is 0 Å². The smallest absolute Gasteiger partial charge is 0.249 e. The predicted molar refractivity (Wildman–Crippen MR) is 63.7 cm³/mol. The lowest BCUT2D eigenvalue weighted by molar-refractivity contribution is -0.114. The van der Waals surface area contributed by atoms with Gasteiger partial charge in [-0.25, -0.2) is 13.6 Å². The van der Waals surface area contributed by atoms with Crippen molar-refractivity contribution in [2.24, 2.45) is 5.14 Å². The van der Waals surface area contributed by atoms with E-state index in [0.717, 1.165) is 0 Å². The Hall–Kier alpha value is -0.860. The molecule has 0 bridgehead atoms. The van der Waals surface area contributed by atoms with Crippen LogP contribution in [-0.4, -0.2) is 25.9 Å². The zero-order valence-corrected chi connectivity index (χ0v) is 10.6. The van der Waals surface area contributed by atoms with E-state index in [2.05, 4.69) is 4.74 Å². The number of sulfonamides is 1. The van der Waals surface area contributed by atoms with Crippen LogP contribution in [0.4, 0.5) is 5.69 Å². The van der Waals surface area contributed by atoms with Gasteiger partial charge in [-0.15, -0.1) is 0 Å². The molecule has 0 saturated heterocycles. The molecule has 8 heteroatoms. The van der Waals surface area contributed by atoms with Crippen LogP contribution in [-0.2, 0) is 21.2 Å². The summed E-state index contributed by atoms with van der Waals surface area (Å²) in [5, 5.41) is 12.6. The van der Waals surface area contributed by atoms with Gasteiger partial charge in [0.2, 0.25) is 15.3 Å². The van der Waals surface area contributed by atoms with Crippen LogP contribution in [0.5, 0.6) is 0 Å². The van der Waals surface area contributed by atoms with Crippen molar-refractivity contribution in [3.63, 3.8) is 0 Å². The number of nitrogen functional groups attached to an aromatic ring is 1. The topological polar surface area (TPSA) is 116 Å². The molecule has 0 amide bonds. The number of nitrogens with two attached hydrogens (primary N) is 2. The molecule has 1 unspecified atom stereocenters. The summed E-state index contributed by atoms with van der Waals surface area (Å²) in [6.45, 7) is 0. The van der Waals surface area contributed by atoms with Crippen LogP contribution in [0.2, 0.25) is 0 Å². The molecular formula is C9H13ClN2O4S. The average molecular weight is 281 g/mol. The number of alkyl halides is 1. The van der Waals surface area contributed by atoms with E-state index in [1.807, 2.05) is 0 Å². The lowest BCUT2D eigenvalue weighted by Crippen LogP contribution is -2.27. The first-order valence-corrected chi connectivity index (χ1v) is 6.46. The Morgan fingerprint density at radius 1 is 1.53 bits per heavy atom. The molecule has 5 N–H and O–H groups in total. The number of methoxy groups -OCH3 is 1. The SMILES string of the molecule is COC(O)(Cl)Cc1ccc(N)cc1S(N)(=O)=O. The summed E-state index contributed by atoms with van der Waals surface area (Å²) in [6.07, 6.45) is -0.239. The molecule has 1 atom stereocenters. The number of benzene rings is 1. The third-order valence-electron chi connectivity index (χ3n) is 2.12. The molecule has 0 heterocycles. The summed E-state index contributed by atoms with van der Waals surface area (Å²) in [4.78, 5) is -0.186. The van der Waals surface area contributed by atoms with Crippen LogP contribution in [0.15, 0.2) is 23.1 Å². The molecular weight excluding hydrogens is 268 g/mol. The van der Waals surface area contributed by atoms with E-state index in [4.69, 9.17) is 22.5 Å². The fourth-order valence-electron chi connectivity index (χ4n) is 1.29. The molecule has 0 aliphatic heterocycles. The molecule has 0 radical (unpaired) electrons. The molecule has 0 aliphatic rings. The second kappa shape index (κ2) is 4.79. The van der Waals surface area contributed by atoms with E-state index < -0.39 is 15.3 Å². The van der Waals surface area contributed by atoms with E-state index >= 15 is 0 Å². The maximum atomic E-state index is 11.3. The van der Waals surface area contributed by atoms with Crippen LogP contribution >= 0.6 is 11.6 Å². The highest BCUT2D eigenvalue weighted by atomic mass is 35.5. The average Bonchev–Trinajstić information content (AvgIpc) is 2.19. The zero-order valence-electron chi connectivity index (χ0n) is 9.05. The molecule has 0 aliphatic carbocycles. The standard InChI is InChI=1S/C9H13ClN2O4S/c1-16-9(10,13)5-6-2-3-7(11)4-8(6)17(12,14)15/h2-4,13H,5,11H2,1H3,(H2,12,14,15). The van der Waals surface area contributed by atoms with Crippen molar-refractivity contribution in [3.05, 3.63) is 23.8 Å².